The van der Waals surface area contributed by atoms with E-state index in [1.165, 1.54) is 6.07 Å². The Morgan fingerprint density at radius 1 is 0.898 bits per heavy atom. The van der Waals surface area contributed by atoms with E-state index in [0.717, 1.165) is 62.3 Å². The van der Waals surface area contributed by atoms with Crippen molar-refractivity contribution in [3.8, 4) is 11.1 Å². The summed E-state index contributed by atoms with van der Waals surface area (Å²) < 4.78 is 30.3. The molecule has 0 radical (unpaired) electrons. The van der Waals surface area contributed by atoms with Crippen LogP contribution in [0.3, 0.4) is 0 Å². The molecule has 1 aliphatic heterocycles. The number of aromatic nitrogens is 2. The van der Waals surface area contributed by atoms with E-state index in [2.05, 4.69) is 16.5 Å². The largest absolute Gasteiger partial charge is 0.368 e. The first-order valence-electron chi connectivity index (χ1n) is 17.5. The van der Waals surface area contributed by atoms with Gasteiger partial charge in [-0.3, -0.25) is 19.0 Å². The van der Waals surface area contributed by atoms with Crippen molar-refractivity contribution in [2.75, 3.05) is 31.1 Å². The second kappa shape index (κ2) is 14.9. The van der Waals surface area contributed by atoms with Crippen molar-refractivity contribution in [2.45, 2.75) is 76.7 Å². The highest BCUT2D eigenvalue weighted by molar-refractivity contribution is 7.90. The van der Waals surface area contributed by atoms with Gasteiger partial charge in [-0.05, 0) is 61.1 Å². The van der Waals surface area contributed by atoms with E-state index >= 15 is 0 Å². The number of sulfonamides is 1. The number of amides is 2. The van der Waals surface area contributed by atoms with Gasteiger partial charge in [0.2, 0.25) is 11.8 Å². The minimum atomic E-state index is -4.06. The molecule has 1 aliphatic carbocycles. The van der Waals surface area contributed by atoms with E-state index in [1.807, 2.05) is 54.3 Å². The molecule has 0 unspecified atom stereocenters. The fraction of sp³-hybridized carbons (Fsp3) is 0.421. The van der Waals surface area contributed by atoms with Crippen molar-refractivity contribution in [1.29, 1.82) is 0 Å². The molecule has 0 spiro atoms. The first kappa shape index (κ1) is 34.4. The summed E-state index contributed by atoms with van der Waals surface area (Å²) in [7, 11) is -4.06. The molecule has 11 heteroatoms. The number of carbonyl (C=O) groups is 2. The molecule has 6 rings (SSSR count). The summed E-state index contributed by atoms with van der Waals surface area (Å²) in [5, 5.41) is 0.559. The Morgan fingerprint density at radius 3 is 2.31 bits per heavy atom. The number of hydrogen-bond donors (Lipinski definition) is 1. The van der Waals surface area contributed by atoms with E-state index < -0.39 is 15.9 Å². The zero-order chi connectivity index (χ0) is 34.5. The number of benzene rings is 3. The Bertz CT molecular complexity index is 2000. The number of piperazine rings is 1. The van der Waals surface area contributed by atoms with Crippen molar-refractivity contribution in [2.24, 2.45) is 5.92 Å². The van der Waals surface area contributed by atoms with Gasteiger partial charge in [-0.25, -0.2) is 18.1 Å². The molecule has 1 saturated carbocycles. The summed E-state index contributed by atoms with van der Waals surface area (Å²) in [6, 6.07) is 20.0. The van der Waals surface area contributed by atoms with Crippen molar-refractivity contribution < 1.29 is 18.0 Å². The first-order chi connectivity index (χ1) is 23.7. The maximum atomic E-state index is 14.0. The highest BCUT2D eigenvalue weighted by Crippen LogP contribution is 2.32. The normalized spacial score (nSPS) is 15.1. The lowest BCUT2D eigenvalue weighted by Gasteiger charge is -2.36. The summed E-state index contributed by atoms with van der Waals surface area (Å²) in [4.78, 5) is 48.0. The summed E-state index contributed by atoms with van der Waals surface area (Å²) in [5.41, 5.74) is 3.65. The third-order valence-electron chi connectivity index (χ3n) is 9.44. The maximum absolute atomic E-state index is 14.0. The Kier molecular flexibility index (Phi) is 10.5. The fourth-order valence-corrected chi connectivity index (χ4v) is 7.66. The Balaban J connectivity index is 1.23. The number of anilines is 1. The zero-order valence-corrected chi connectivity index (χ0v) is 29.2. The second-order valence-electron chi connectivity index (χ2n) is 13.1. The van der Waals surface area contributed by atoms with Crippen LogP contribution in [-0.2, 0) is 32.6 Å². The van der Waals surface area contributed by atoms with Crippen LogP contribution < -0.4 is 15.2 Å². The second-order valence-corrected chi connectivity index (χ2v) is 14.8. The van der Waals surface area contributed by atoms with Gasteiger partial charge in [-0.2, -0.15) is 0 Å². The highest BCUT2D eigenvalue weighted by atomic mass is 32.2. The number of aryl methyl sites for hydroxylation is 1. The molecular weight excluding hydrogens is 639 g/mol. The molecule has 10 nitrogen and oxygen atoms in total. The number of hydrogen-bond acceptors (Lipinski definition) is 7. The lowest BCUT2D eigenvalue weighted by Crippen LogP contribution is -2.49. The van der Waals surface area contributed by atoms with Gasteiger partial charge in [-0.1, -0.05) is 69.2 Å². The summed E-state index contributed by atoms with van der Waals surface area (Å²) in [6.07, 6.45) is 6.12. The average Bonchev–Trinajstić information content (AvgIpc) is 3.97. The molecule has 2 heterocycles. The summed E-state index contributed by atoms with van der Waals surface area (Å²) in [5.74, 6) is 0.734. The molecule has 2 amide bonds. The van der Waals surface area contributed by atoms with Crippen molar-refractivity contribution in [3.63, 3.8) is 0 Å². The number of carbonyl (C=O) groups excluding carboxylic acids is 2. The molecule has 0 bridgehead atoms. The number of fused-ring (bicyclic) bond motifs is 1. The summed E-state index contributed by atoms with van der Waals surface area (Å²) >= 11 is 0. The topological polar surface area (TPSA) is 122 Å². The van der Waals surface area contributed by atoms with E-state index in [1.54, 1.807) is 22.8 Å². The van der Waals surface area contributed by atoms with Gasteiger partial charge in [0, 0.05) is 56.2 Å². The molecule has 3 aromatic carbocycles. The van der Waals surface area contributed by atoms with Crippen molar-refractivity contribution in [3.05, 3.63) is 88.5 Å². The van der Waals surface area contributed by atoms with Gasteiger partial charge >= 0.3 is 0 Å². The molecule has 0 atom stereocenters. The number of nitrogens with one attached hydrogen (secondary N) is 1. The van der Waals surface area contributed by atoms with Gasteiger partial charge < -0.3 is 9.80 Å². The van der Waals surface area contributed by atoms with Crippen LogP contribution >= 0.6 is 0 Å². The van der Waals surface area contributed by atoms with Crippen LogP contribution in [0, 0.1) is 5.92 Å². The van der Waals surface area contributed by atoms with Crippen LogP contribution in [0.5, 0.6) is 0 Å². The average molecular weight is 684 g/mol. The fourth-order valence-electron chi connectivity index (χ4n) is 6.42. The predicted octanol–water partition coefficient (Wildman–Crippen LogP) is 5.51. The smallest absolute Gasteiger partial charge is 0.264 e. The van der Waals surface area contributed by atoms with Gasteiger partial charge in [-0.15, -0.1) is 0 Å². The van der Waals surface area contributed by atoms with E-state index in [0.29, 0.717) is 54.5 Å². The molecule has 4 aromatic rings. The standard InChI is InChI=1S/C38H45N5O5S/c1-3-5-11-35-39-33-25-30(41-21-23-42(24-22-41)37(45)29-17-18-29)19-20-32(33)38(46)43(35)26-27-13-15-28(16-14-27)31-9-7-8-10-34(31)49(47,48)40-36(44)12-6-4-2/h7-10,13-16,19-20,25,29H,3-6,11-12,17-18,21-24,26H2,1-2H3,(H,40,44). The van der Waals surface area contributed by atoms with Crippen LogP contribution in [-0.4, -0.2) is 60.9 Å². The third kappa shape index (κ3) is 7.88. The predicted molar refractivity (Wildman–Crippen MR) is 192 cm³/mol. The van der Waals surface area contributed by atoms with E-state index in [4.69, 9.17) is 4.98 Å². The summed E-state index contributed by atoms with van der Waals surface area (Å²) in [6.45, 7) is 7.31. The Morgan fingerprint density at radius 2 is 1.61 bits per heavy atom. The van der Waals surface area contributed by atoms with Crippen LogP contribution in [0.2, 0.25) is 0 Å². The van der Waals surface area contributed by atoms with Gasteiger partial charge in [0.25, 0.3) is 15.6 Å². The third-order valence-corrected chi connectivity index (χ3v) is 10.9. The maximum Gasteiger partial charge on any atom is 0.264 e. The van der Waals surface area contributed by atoms with E-state index in [-0.39, 0.29) is 28.7 Å². The van der Waals surface area contributed by atoms with Crippen molar-refractivity contribution in [1.82, 2.24) is 19.2 Å². The number of unbranched alkanes of at least 4 members (excludes halogenated alkanes) is 2. The van der Waals surface area contributed by atoms with Crippen LogP contribution in [0.25, 0.3) is 22.0 Å². The molecule has 258 valence electrons. The quantitative estimate of drug-likeness (QED) is 0.197. The minimum Gasteiger partial charge on any atom is -0.368 e. The molecule has 1 saturated heterocycles. The van der Waals surface area contributed by atoms with Gasteiger partial charge in [0.05, 0.1) is 22.3 Å². The monoisotopic (exact) mass is 683 g/mol. The molecule has 1 aromatic heterocycles. The zero-order valence-electron chi connectivity index (χ0n) is 28.4. The SMILES string of the molecule is CCCCC(=O)NS(=O)(=O)c1ccccc1-c1ccc(Cn2c(CCCC)nc3cc(N4CCN(C(=O)C5CC5)CC4)ccc3c2=O)cc1. The van der Waals surface area contributed by atoms with Crippen molar-refractivity contribution >= 4 is 38.4 Å². The van der Waals surface area contributed by atoms with Gasteiger partial charge in [0.1, 0.15) is 5.82 Å². The van der Waals surface area contributed by atoms with E-state index in [9.17, 15) is 22.8 Å². The number of nitrogens with zero attached hydrogens (tertiary/aromatic N) is 4. The molecule has 1 N–H and O–H groups in total. The Labute approximate surface area is 288 Å². The molecule has 2 aliphatic rings. The molecular formula is C38H45N5O5S. The molecule has 49 heavy (non-hydrogen) atoms. The molecule has 2 fully saturated rings. The highest BCUT2D eigenvalue weighted by Gasteiger charge is 2.34. The lowest BCUT2D eigenvalue weighted by molar-refractivity contribution is -0.132. The number of rotatable bonds is 13. The first-order valence-corrected chi connectivity index (χ1v) is 19.0. The van der Waals surface area contributed by atoms with Gasteiger partial charge in [0.15, 0.2) is 0 Å². The van der Waals surface area contributed by atoms with Crippen LogP contribution in [0.15, 0.2) is 76.4 Å². The van der Waals surface area contributed by atoms with Crippen LogP contribution in [0.4, 0.5) is 5.69 Å². The van der Waals surface area contributed by atoms with Crippen LogP contribution in [0.1, 0.15) is 70.2 Å². The minimum absolute atomic E-state index is 0.0393. The Hall–Kier alpha value is -4.51. The lowest BCUT2D eigenvalue weighted by atomic mass is 10.0.